The highest BCUT2D eigenvalue weighted by atomic mass is 32.2. The van der Waals surface area contributed by atoms with Gasteiger partial charge in [0.05, 0.1) is 0 Å². The number of benzene rings is 2. The number of hydrogen-bond donors (Lipinski definition) is 1. The van der Waals surface area contributed by atoms with E-state index in [1.54, 1.807) is 7.05 Å². The molecule has 7 nitrogen and oxygen atoms in total. The van der Waals surface area contributed by atoms with Gasteiger partial charge in [0.15, 0.2) is 17.3 Å². The first-order valence-corrected chi connectivity index (χ1v) is 9.58. The molecule has 0 aliphatic rings. The van der Waals surface area contributed by atoms with E-state index in [0.29, 0.717) is 5.56 Å². The Morgan fingerprint density at radius 2 is 1.86 bits per heavy atom. The summed E-state index contributed by atoms with van der Waals surface area (Å²) in [6, 6.07) is 13.9. The van der Waals surface area contributed by atoms with Gasteiger partial charge in [0.25, 0.3) is 5.91 Å². The van der Waals surface area contributed by atoms with Crippen LogP contribution in [0, 0.1) is 12.7 Å². The van der Waals surface area contributed by atoms with Crippen LogP contribution in [-0.2, 0) is 10.3 Å². The minimum atomic E-state index is -4.34. The lowest BCUT2D eigenvalue weighted by molar-refractivity contribution is 0.0967. The number of para-hydroxylation sites is 1. The summed E-state index contributed by atoms with van der Waals surface area (Å²) in [5.74, 6) is -1.52. The highest BCUT2D eigenvalue weighted by Crippen LogP contribution is 2.29. The predicted molar refractivity (Wildman–Crippen MR) is 102 cm³/mol. The molecule has 0 aliphatic carbocycles. The zero-order chi connectivity index (χ0) is 20.5. The molecule has 0 atom stereocenters. The lowest BCUT2D eigenvalue weighted by atomic mass is 10.1. The van der Waals surface area contributed by atoms with E-state index in [0.717, 1.165) is 23.4 Å². The van der Waals surface area contributed by atoms with Crippen molar-refractivity contribution in [3.8, 4) is 17.1 Å². The van der Waals surface area contributed by atoms with Gasteiger partial charge in [-0.1, -0.05) is 18.2 Å². The summed E-state index contributed by atoms with van der Waals surface area (Å²) in [5, 5.41) is 4.73. The lowest BCUT2D eigenvalue weighted by Crippen LogP contribution is -2.26. The molecular weight excluding hydrogens is 387 g/mol. The fraction of sp³-hybridized carbons (Fsp3) is 0.105. The molecule has 146 valence electrons. The molecule has 0 bridgehead atoms. The third-order valence-electron chi connectivity index (χ3n) is 4.02. The summed E-state index contributed by atoms with van der Waals surface area (Å²) in [6.07, 6.45) is 0. The van der Waals surface area contributed by atoms with E-state index < -0.39 is 21.9 Å². The van der Waals surface area contributed by atoms with Crippen LogP contribution in [0.4, 0.5) is 10.1 Å². The third kappa shape index (κ3) is 4.21. The van der Waals surface area contributed by atoms with E-state index in [2.05, 4.69) is 4.18 Å². The molecule has 0 saturated heterocycles. The summed E-state index contributed by atoms with van der Waals surface area (Å²) in [4.78, 5) is 14.1. The molecule has 1 aromatic heterocycles. The number of nitrogens with two attached hydrogens (primary N) is 1. The number of rotatable bonds is 5. The van der Waals surface area contributed by atoms with Crippen LogP contribution in [0.1, 0.15) is 16.1 Å². The normalized spacial score (nSPS) is 11.3. The van der Waals surface area contributed by atoms with Crippen LogP contribution >= 0.6 is 0 Å². The van der Waals surface area contributed by atoms with Crippen molar-refractivity contribution in [2.75, 3.05) is 11.9 Å². The topological polar surface area (TPSA) is 103 Å². The molecule has 3 aromatic rings. The zero-order valence-corrected chi connectivity index (χ0v) is 15.9. The van der Waals surface area contributed by atoms with Crippen LogP contribution < -0.4 is 14.2 Å². The molecule has 0 radical (unpaired) electrons. The fourth-order valence-electron chi connectivity index (χ4n) is 2.67. The number of carbonyl (C=O) groups is 1. The van der Waals surface area contributed by atoms with Gasteiger partial charge in [-0.15, -0.1) is 0 Å². The lowest BCUT2D eigenvalue weighted by Gasteiger charge is -2.18. The third-order valence-corrected chi connectivity index (χ3v) is 4.43. The number of anilines is 1. The average Bonchev–Trinajstić information content (AvgIpc) is 3.11. The molecule has 28 heavy (non-hydrogen) atoms. The van der Waals surface area contributed by atoms with Gasteiger partial charge in [0.2, 0.25) is 0 Å². The largest absolute Gasteiger partial charge is 0.451 e. The molecule has 0 saturated carbocycles. The molecule has 0 fully saturated rings. The van der Waals surface area contributed by atoms with Gasteiger partial charge in [-0.2, -0.15) is 13.6 Å². The molecule has 1 amide bonds. The number of aryl methyl sites for hydroxylation is 1. The molecule has 0 aliphatic heterocycles. The zero-order valence-electron chi connectivity index (χ0n) is 15.0. The monoisotopic (exact) mass is 404 g/mol. The van der Waals surface area contributed by atoms with E-state index >= 15 is 0 Å². The summed E-state index contributed by atoms with van der Waals surface area (Å²) in [7, 11) is -2.71. The minimum Gasteiger partial charge on any atom is -0.451 e. The van der Waals surface area contributed by atoms with Gasteiger partial charge in [0.1, 0.15) is 5.76 Å². The second-order valence-electron chi connectivity index (χ2n) is 6.04. The van der Waals surface area contributed by atoms with Gasteiger partial charge in [-0.25, -0.2) is 4.39 Å². The first-order chi connectivity index (χ1) is 13.2. The first-order valence-electron chi connectivity index (χ1n) is 8.11. The van der Waals surface area contributed by atoms with Gasteiger partial charge >= 0.3 is 10.3 Å². The van der Waals surface area contributed by atoms with Crippen molar-refractivity contribution in [1.82, 2.24) is 0 Å². The molecule has 0 unspecified atom stereocenters. The summed E-state index contributed by atoms with van der Waals surface area (Å²) >= 11 is 0. The summed E-state index contributed by atoms with van der Waals surface area (Å²) < 4.78 is 45.8. The van der Waals surface area contributed by atoms with Crippen molar-refractivity contribution >= 4 is 21.9 Å². The van der Waals surface area contributed by atoms with Crippen LogP contribution in [0.3, 0.4) is 0 Å². The molecule has 3 rings (SSSR count). The van der Waals surface area contributed by atoms with Crippen molar-refractivity contribution in [2.45, 2.75) is 6.92 Å². The smallest absolute Gasteiger partial charge is 0.380 e. The maximum atomic E-state index is 14.1. The molecular formula is C19H17FN2O5S. The number of hydrogen-bond acceptors (Lipinski definition) is 5. The quantitative estimate of drug-likeness (QED) is 0.703. The highest BCUT2D eigenvalue weighted by molar-refractivity contribution is 7.84. The molecule has 9 heteroatoms. The van der Waals surface area contributed by atoms with Crippen LogP contribution in [0.2, 0.25) is 0 Å². The van der Waals surface area contributed by atoms with Gasteiger partial charge < -0.3 is 13.5 Å². The van der Waals surface area contributed by atoms with Crippen molar-refractivity contribution in [3.05, 3.63) is 71.7 Å². The Morgan fingerprint density at radius 1 is 1.14 bits per heavy atom. The van der Waals surface area contributed by atoms with Gasteiger partial charge in [-0.3, -0.25) is 4.79 Å². The second kappa shape index (κ2) is 7.45. The average molecular weight is 404 g/mol. The Kier molecular flexibility index (Phi) is 5.21. The Hall–Kier alpha value is -3.17. The number of halogens is 1. The number of carbonyl (C=O) groups excluding carboxylic acids is 1. The predicted octanol–water partition coefficient (Wildman–Crippen LogP) is 3.25. The second-order valence-corrected chi connectivity index (χ2v) is 7.19. The van der Waals surface area contributed by atoms with E-state index in [9.17, 15) is 17.6 Å². The first kappa shape index (κ1) is 19.6. The molecule has 0 spiro atoms. The van der Waals surface area contributed by atoms with Crippen molar-refractivity contribution in [3.63, 3.8) is 0 Å². The summed E-state index contributed by atoms with van der Waals surface area (Å²) in [5.41, 5.74) is 1.97. The number of furan rings is 1. The molecule has 2 N–H and O–H groups in total. The number of amides is 1. The Balaban J connectivity index is 1.85. The Bertz CT molecular complexity index is 1140. The van der Waals surface area contributed by atoms with Crippen molar-refractivity contribution < 1.29 is 26.2 Å². The van der Waals surface area contributed by atoms with Crippen molar-refractivity contribution in [1.29, 1.82) is 0 Å². The highest BCUT2D eigenvalue weighted by Gasteiger charge is 2.20. The van der Waals surface area contributed by atoms with Crippen LogP contribution in [0.15, 0.2) is 59.0 Å². The van der Waals surface area contributed by atoms with E-state index in [1.165, 1.54) is 23.1 Å². The van der Waals surface area contributed by atoms with Gasteiger partial charge in [0, 0.05) is 18.3 Å². The Morgan fingerprint density at radius 3 is 2.50 bits per heavy atom. The van der Waals surface area contributed by atoms with Crippen LogP contribution in [0.25, 0.3) is 11.3 Å². The molecule has 2 aromatic carbocycles. The van der Waals surface area contributed by atoms with E-state index in [1.807, 2.05) is 31.2 Å². The maximum Gasteiger partial charge on any atom is 0.380 e. The number of nitrogens with zero attached hydrogens (tertiary/aromatic N) is 1. The van der Waals surface area contributed by atoms with E-state index in [-0.39, 0.29) is 17.4 Å². The van der Waals surface area contributed by atoms with Gasteiger partial charge in [-0.05, 0) is 48.9 Å². The fourth-order valence-corrected chi connectivity index (χ4v) is 3.05. The minimum absolute atomic E-state index is 0.0750. The van der Waals surface area contributed by atoms with Crippen LogP contribution in [0.5, 0.6) is 5.75 Å². The van der Waals surface area contributed by atoms with Crippen LogP contribution in [-0.4, -0.2) is 21.4 Å². The SMILES string of the molecule is Cc1ccccc1N(C)C(=O)c1ccc(-c2ccc(OS(N)(=O)=O)c(F)c2)o1. The van der Waals surface area contributed by atoms with Crippen molar-refractivity contribution in [2.24, 2.45) is 5.14 Å². The molecule has 1 heterocycles. The Labute approximate surface area is 161 Å². The standard InChI is InChI=1S/C19H17FN2O5S/c1-12-5-3-4-6-15(12)22(2)19(23)18-10-9-16(26-18)13-7-8-17(14(20)11-13)27-28(21,24)25/h3-11H,1-2H3,(H2,21,24,25). The van der Waals surface area contributed by atoms with E-state index in [4.69, 9.17) is 9.56 Å². The summed E-state index contributed by atoms with van der Waals surface area (Å²) in [6.45, 7) is 1.89. The maximum absolute atomic E-state index is 14.1.